The molecule has 0 aromatic heterocycles. The van der Waals surface area contributed by atoms with Crippen LogP contribution in [0.15, 0.2) is 88.0 Å². The van der Waals surface area contributed by atoms with Gasteiger partial charge < -0.3 is 14.2 Å². The van der Waals surface area contributed by atoms with E-state index in [1.54, 1.807) is 49.6 Å². The minimum Gasteiger partial charge on any atom is -0.497 e. The quantitative estimate of drug-likeness (QED) is 0.277. The maximum Gasteiger partial charge on any atom is 0.363 e. The Bertz CT molecular complexity index is 1220. The van der Waals surface area contributed by atoms with Gasteiger partial charge in [-0.3, -0.25) is 4.79 Å². The molecule has 0 radical (unpaired) electrons. The van der Waals surface area contributed by atoms with E-state index < -0.39 is 11.9 Å². The highest BCUT2D eigenvalue weighted by atomic mass is 79.9. The van der Waals surface area contributed by atoms with Gasteiger partial charge in [0, 0.05) is 15.6 Å². The van der Waals surface area contributed by atoms with Crippen molar-refractivity contribution in [3.63, 3.8) is 0 Å². The molecule has 3 aromatic rings. The molecule has 3 aromatic carbocycles. The van der Waals surface area contributed by atoms with Gasteiger partial charge >= 0.3 is 11.9 Å². The topological polar surface area (TPSA) is 74.2 Å². The maximum absolute atomic E-state index is 12.4. The smallest absolute Gasteiger partial charge is 0.363 e. The van der Waals surface area contributed by atoms with Gasteiger partial charge in [-0.1, -0.05) is 46.3 Å². The Morgan fingerprint density at radius 1 is 1.06 bits per heavy atom. The van der Waals surface area contributed by atoms with Gasteiger partial charge in [0.15, 0.2) is 5.70 Å². The molecule has 7 heteroatoms. The molecule has 4 rings (SSSR count). The van der Waals surface area contributed by atoms with E-state index in [9.17, 15) is 9.59 Å². The van der Waals surface area contributed by atoms with E-state index in [1.165, 1.54) is 6.08 Å². The van der Waals surface area contributed by atoms with Gasteiger partial charge in [-0.15, -0.1) is 0 Å². The SMILES string of the molecule is COc1ccc(C2=N/C(=C/c3cc(Br)ccc3OC(=O)Cc3ccccc3)C(=O)O2)cc1. The van der Waals surface area contributed by atoms with E-state index in [-0.39, 0.29) is 18.0 Å². The fourth-order valence-electron chi connectivity index (χ4n) is 3.06. The number of carbonyl (C=O) groups excluding carboxylic acids is 2. The van der Waals surface area contributed by atoms with Gasteiger partial charge in [0.25, 0.3) is 0 Å². The molecule has 160 valence electrons. The van der Waals surface area contributed by atoms with Crippen molar-refractivity contribution in [3.05, 3.63) is 99.7 Å². The third-order valence-corrected chi connectivity index (χ3v) is 5.13. The van der Waals surface area contributed by atoms with Gasteiger partial charge in [0.05, 0.1) is 13.5 Å². The second kappa shape index (κ2) is 9.62. The van der Waals surface area contributed by atoms with Crippen LogP contribution in [0.1, 0.15) is 16.7 Å². The first-order valence-corrected chi connectivity index (χ1v) is 10.5. The molecule has 0 saturated heterocycles. The van der Waals surface area contributed by atoms with Gasteiger partial charge in [-0.25, -0.2) is 9.79 Å². The van der Waals surface area contributed by atoms with Crippen LogP contribution in [0.2, 0.25) is 0 Å². The number of hydrogen-bond donors (Lipinski definition) is 0. The molecule has 0 bridgehead atoms. The van der Waals surface area contributed by atoms with E-state index in [0.717, 1.165) is 10.0 Å². The average Bonchev–Trinajstić information content (AvgIpc) is 3.16. The summed E-state index contributed by atoms with van der Waals surface area (Å²) in [4.78, 5) is 29.1. The normalized spacial score (nSPS) is 14.1. The summed E-state index contributed by atoms with van der Waals surface area (Å²) in [5, 5.41) is 0. The number of nitrogens with zero attached hydrogens (tertiary/aromatic N) is 1. The predicted molar refractivity (Wildman–Crippen MR) is 124 cm³/mol. The third kappa shape index (κ3) is 5.12. The molecule has 0 atom stereocenters. The molecule has 0 fully saturated rings. The lowest BCUT2D eigenvalue weighted by molar-refractivity contribution is -0.133. The van der Waals surface area contributed by atoms with Gasteiger partial charge in [-0.05, 0) is 54.1 Å². The molecule has 1 heterocycles. The largest absolute Gasteiger partial charge is 0.497 e. The van der Waals surface area contributed by atoms with E-state index in [1.807, 2.05) is 30.3 Å². The second-order valence-corrected chi connectivity index (χ2v) is 7.80. The van der Waals surface area contributed by atoms with Crippen LogP contribution >= 0.6 is 15.9 Å². The Hall–Kier alpha value is -3.71. The monoisotopic (exact) mass is 491 g/mol. The van der Waals surface area contributed by atoms with Crippen LogP contribution in [0.5, 0.6) is 11.5 Å². The summed E-state index contributed by atoms with van der Waals surface area (Å²) in [7, 11) is 1.57. The first kappa shape index (κ1) is 21.5. The summed E-state index contributed by atoms with van der Waals surface area (Å²) in [6.07, 6.45) is 1.67. The highest BCUT2D eigenvalue weighted by molar-refractivity contribution is 9.10. The van der Waals surface area contributed by atoms with Crippen molar-refractivity contribution in [2.75, 3.05) is 7.11 Å². The van der Waals surface area contributed by atoms with Gasteiger partial charge in [0.1, 0.15) is 11.5 Å². The summed E-state index contributed by atoms with van der Waals surface area (Å²) in [6, 6.07) is 21.5. The van der Waals surface area contributed by atoms with Crippen LogP contribution in [-0.2, 0) is 20.7 Å². The van der Waals surface area contributed by atoms with E-state index in [4.69, 9.17) is 14.2 Å². The fraction of sp³-hybridized carbons (Fsp3) is 0.0800. The van der Waals surface area contributed by atoms with Gasteiger partial charge in [-0.2, -0.15) is 0 Å². The average molecular weight is 492 g/mol. The Morgan fingerprint density at radius 3 is 2.53 bits per heavy atom. The van der Waals surface area contributed by atoms with Crippen LogP contribution in [0, 0.1) is 0 Å². The second-order valence-electron chi connectivity index (χ2n) is 6.88. The summed E-state index contributed by atoms with van der Waals surface area (Å²) in [6.45, 7) is 0. The number of cyclic esters (lactones) is 1. The highest BCUT2D eigenvalue weighted by Crippen LogP contribution is 2.28. The molecule has 6 nitrogen and oxygen atoms in total. The number of methoxy groups -OCH3 is 1. The van der Waals surface area contributed by atoms with Crippen molar-refractivity contribution in [1.29, 1.82) is 0 Å². The molecule has 0 spiro atoms. The molecule has 1 aliphatic rings. The summed E-state index contributed by atoms with van der Waals surface area (Å²) < 4.78 is 16.8. The first-order valence-electron chi connectivity index (χ1n) is 9.73. The Morgan fingerprint density at radius 2 is 1.81 bits per heavy atom. The Labute approximate surface area is 193 Å². The van der Waals surface area contributed by atoms with Crippen LogP contribution in [0.3, 0.4) is 0 Å². The molecule has 0 unspecified atom stereocenters. The van der Waals surface area contributed by atoms with Crippen molar-refractivity contribution in [3.8, 4) is 11.5 Å². The van der Waals surface area contributed by atoms with Crippen molar-refractivity contribution in [1.82, 2.24) is 0 Å². The zero-order valence-electron chi connectivity index (χ0n) is 17.1. The summed E-state index contributed by atoms with van der Waals surface area (Å²) >= 11 is 3.41. The standard InChI is InChI=1S/C25H18BrNO5/c1-30-20-10-7-17(8-11-20)24-27-21(25(29)32-24)15-18-14-19(26)9-12-22(18)31-23(28)13-16-5-3-2-4-6-16/h2-12,14-15H,13H2,1H3/b21-15+. The van der Waals surface area contributed by atoms with Crippen molar-refractivity contribution >= 4 is 39.8 Å². The van der Waals surface area contributed by atoms with Gasteiger partial charge in [0.2, 0.25) is 5.90 Å². The van der Waals surface area contributed by atoms with Crippen molar-refractivity contribution in [2.45, 2.75) is 6.42 Å². The van der Waals surface area contributed by atoms with Crippen molar-refractivity contribution < 1.29 is 23.8 Å². The highest BCUT2D eigenvalue weighted by Gasteiger charge is 2.25. The number of benzene rings is 3. The van der Waals surface area contributed by atoms with E-state index in [0.29, 0.717) is 22.6 Å². The predicted octanol–water partition coefficient (Wildman–Crippen LogP) is 4.95. The Kier molecular flexibility index (Phi) is 6.47. The molecular weight excluding hydrogens is 474 g/mol. The zero-order valence-corrected chi connectivity index (χ0v) is 18.7. The number of carbonyl (C=O) groups is 2. The van der Waals surface area contributed by atoms with Crippen LogP contribution < -0.4 is 9.47 Å². The van der Waals surface area contributed by atoms with E-state index in [2.05, 4.69) is 20.9 Å². The van der Waals surface area contributed by atoms with Crippen LogP contribution in [-0.4, -0.2) is 24.9 Å². The molecule has 1 aliphatic heterocycles. The minimum absolute atomic E-state index is 0.106. The molecule has 0 N–H and O–H groups in total. The lowest BCUT2D eigenvalue weighted by Gasteiger charge is -2.08. The lowest BCUT2D eigenvalue weighted by atomic mass is 10.1. The third-order valence-electron chi connectivity index (χ3n) is 4.64. The number of rotatable bonds is 6. The molecule has 0 amide bonds. The number of hydrogen-bond acceptors (Lipinski definition) is 6. The van der Waals surface area contributed by atoms with Crippen LogP contribution in [0.25, 0.3) is 6.08 Å². The molecule has 0 saturated carbocycles. The first-order chi connectivity index (χ1) is 15.5. The summed E-state index contributed by atoms with van der Waals surface area (Å²) in [5.74, 6) is 0.210. The number of halogens is 1. The van der Waals surface area contributed by atoms with Crippen molar-refractivity contribution in [2.24, 2.45) is 4.99 Å². The molecule has 0 aliphatic carbocycles. The van der Waals surface area contributed by atoms with E-state index >= 15 is 0 Å². The Balaban J connectivity index is 1.58. The zero-order chi connectivity index (χ0) is 22.5. The minimum atomic E-state index is -0.586. The molecular formula is C25H18BrNO5. The number of esters is 2. The number of ether oxygens (including phenoxy) is 3. The molecule has 32 heavy (non-hydrogen) atoms. The summed E-state index contributed by atoms with van der Waals surface area (Å²) in [5.41, 5.74) is 2.12. The lowest BCUT2D eigenvalue weighted by Crippen LogP contribution is -2.12. The maximum atomic E-state index is 12.4. The number of aliphatic imine (C=N–C) groups is 1. The fourth-order valence-corrected chi connectivity index (χ4v) is 3.44. The van der Waals surface area contributed by atoms with Crippen LogP contribution in [0.4, 0.5) is 0 Å².